The van der Waals surface area contributed by atoms with Gasteiger partial charge in [0, 0.05) is 35.8 Å². The lowest BCUT2D eigenvalue weighted by molar-refractivity contribution is -0.113. The second-order valence-corrected chi connectivity index (χ2v) is 3.78. The van der Waals surface area contributed by atoms with E-state index in [2.05, 4.69) is 22.7 Å². The molecule has 2 aromatic rings. The minimum absolute atomic E-state index is 0.368. The van der Waals surface area contributed by atoms with Gasteiger partial charge < -0.3 is 5.73 Å². The lowest BCUT2D eigenvalue weighted by Gasteiger charge is -1.98. The Morgan fingerprint density at radius 2 is 2.24 bits per heavy atom. The predicted molar refractivity (Wildman–Crippen MR) is 67.9 cm³/mol. The molecule has 2 heterocycles. The van der Waals surface area contributed by atoms with Gasteiger partial charge in [-0.25, -0.2) is 4.68 Å². The molecule has 0 aromatic carbocycles. The summed E-state index contributed by atoms with van der Waals surface area (Å²) in [5, 5.41) is 4.45. The number of amides is 1. The van der Waals surface area contributed by atoms with Crippen molar-refractivity contribution in [1.29, 1.82) is 0 Å². The van der Waals surface area contributed by atoms with Crippen molar-refractivity contribution < 1.29 is 4.79 Å². The molecule has 2 aromatic heterocycles. The average Bonchev–Trinajstić information content (AvgIpc) is 2.78. The van der Waals surface area contributed by atoms with Gasteiger partial charge in [0.2, 0.25) is 5.91 Å². The summed E-state index contributed by atoms with van der Waals surface area (Å²) < 4.78 is 1.47. The molecule has 0 unspecified atom stereocenters. The number of hydrogen-bond donors (Lipinski definition) is 2. The minimum atomic E-state index is -0.562. The Morgan fingerprint density at radius 3 is 2.88 bits per heavy atom. The van der Waals surface area contributed by atoms with E-state index in [1.165, 1.54) is 10.8 Å². The first-order valence-electron chi connectivity index (χ1n) is 4.82. The van der Waals surface area contributed by atoms with Crippen LogP contribution in [0, 0.1) is 0 Å². The van der Waals surface area contributed by atoms with E-state index in [4.69, 9.17) is 5.73 Å². The van der Waals surface area contributed by atoms with E-state index < -0.39 is 5.91 Å². The summed E-state index contributed by atoms with van der Waals surface area (Å²) in [7, 11) is 0. The third-order valence-corrected chi connectivity index (χ3v) is 2.42. The van der Waals surface area contributed by atoms with E-state index in [0.717, 1.165) is 11.1 Å². The number of rotatable bonds is 3. The molecule has 0 aliphatic carbocycles. The number of nitrogens with two attached hydrogens (primary N) is 1. The zero-order valence-corrected chi connectivity index (χ0v) is 9.71. The molecule has 2 rings (SSSR count). The van der Waals surface area contributed by atoms with Gasteiger partial charge in [-0.1, -0.05) is 6.07 Å². The van der Waals surface area contributed by atoms with E-state index in [1.807, 2.05) is 12.1 Å². The Kier molecular flexibility index (Phi) is 3.24. The molecular formula is C11H10N4OS. The van der Waals surface area contributed by atoms with E-state index in [9.17, 15) is 4.79 Å². The molecule has 6 heteroatoms. The standard InChI is InChI=1S/C11H10N4OS/c12-10(16)4-11(17)15-7-9(6-14-15)8-2-1-3-13-5-8/h1-7,17H,(H2,12,16)/b11-4-. The fourth-order valence-corrected chi connectivity index (χ4v) is 1.56. The quantitative estimate of drug-likeness (QED) is 0.630. The van der Waals surface area contributed by atoms with Gasteiger partial charge in [0.25, 0.3) is 0 Å². The number of carbonyl (C=O) groups excluding carboxylic acids is 1. The van der Waals surface area contributed by atoms with Gasteiger partial charge in [-0.05, 0) is 6.07 Å². The maximum Gasteiger partial charge on any atom is 0.244 e. The molecule has 1 amide bonds. The number of aromatic nitrogens is 3. The Bertz CT molecular complexity index is 562. The number of carbonyl (C=O) groups is 1. The zero-order chi connectivity index (χ0) is 12.3. The van der Waals surface area contributed by atoms with Crippen molar-refractivity contribution in [3.8, 4) is 11.1 Å². The van der Waals surface area contributed by atoms with Gasteiger partial charge >= 0.3 is 0 Å². The Balaban J connectivity index is 2.31. The van der Waals surface area contributed by atoms with E-state index in [-0.39, 0.29) is 0 Å². The summed E-state index contributed by atoms with van der Waals surface area (Å²) in [6, 6.07) is 3.76. The van der Waals surface area contributed by atoms with Crippen LogP contribution in [0.25, 0.3) is 16.2 Å². The van der Waals surface area contributed by atoms with Crippen LogP contribution in [-0.2, 0) is 4.79 Å². The van der Waals surface area contributed by atoms with Crippen LogP contribution in [-0.4, -0.2) is 20.7 Å². The van der Waals surface area contributed by atoms with Gasteiger partial charge in [0.05, 0.1) is 11.2 Å². The number of hydrogen-bond acceptors (Lipinski definition) is 4. The Morgan fingerprint density at radius 1 is 1.41 bits per heavy atom. The fourth-order valence-electron chi connectivity index (χ4n) is 1.32. The smallest absolute Gasteiger partial charge is 0.244 e. The van der Waals surface area contributed by atoms with Gasteiger partial charge in [0.15, 0.2) is 0 Å². The molecular weight excluding hydrogens is 236 g/mol. The lowest BCUT2D eigenvalue weighted by Crippen LogP contribution is -2.07. The highest BCUT2D eigenvalue weighted by molar-refractivity contribution is 7.90. The van der Waals surface area contributed by atoms with Crippen molar-refractivity contribution in [1.82, 2.24) is 14.8 Å². The first-order valence-corrected chi connectivity index (χ1v) is 5.27. The third kappa shape index (κ3) is 2.73. The molecule has 17 heavy (non-hydrogen) atoms. The van der Waals surface area contributed by atoms with Crippen molar-refractivity contribution in [3.63, 3.8) is 0 Å². The first kappa shape index (κ1) is 11.4. The minimum Gasteiger partial charge on any atom is -0.366 e. The summed E-state index contributed by atoms with van der Waals surface area (Å²) in [5.41, 5.74) is 6.87. The normalized spacial score (nSPS) is 11.5. The second-order valence-electron chi connectivity index (χ2n) is 3.32. The van der Waals surface area contributed by atoms with Crippen molar-refractivity contribution in [3.05, 3.63) is 43.0 Å². The topological polar surface area (TPSA) is 73.8 Å². The highest BCUT2D eigenvalue weighted by atomic mass is 32.1. The fraction of sp³-hybridized carbons (Fsp3) is 0. The molecule has 86 valence electrons. The van der Waals surface area contributed by atoms with Gasteiger partial charge in [-0.15, -0.1) is 12.6 Å². The molecule has 0 atom stereocenters. The maximum absolute atomic E-state index is 10.7. The summed E-state index contributed by atoms with van der Waals surface area (Å²) in [6.45, 7) is 0. The number of primary amides is 1. The molecule has 0 fully saturated rings. The van der Waals surface area contributed by atoms with Crippen LogP contribution < -0.4 is 5.73 Å². The van der Waals surface area contributed by atoms with Crippen LogP contribution in [0.3, 0.4) is 0 Å². The summed E-state index contributed by atoms with van der Waals surface area (Å²) in [4.78, 5) is 14.7. The summed E-state index contributed by atoms with van der Waals surface area (Å²) >= 11 is 4.13. The molecule has 0 bridgehead atoms. The molecule has 5 nitrogen and oxygen atoms in total. The molecule has 0 saturated carbocycles. The molecule has 0 aliphatic heterocycles. The van der Waals surface area contributed by atoms with Crippen LogP contribution in [0.4, 0.5) is 0 Å². The third-order valence-electron chi connectivity index (χ3n) is 2.08. The lowest BCUT2D eigenvalue weighted by atomic mass is 10.2. The molecule has 0 spiro atoms. The Labute approximate surface area is 103 Å². The summed E-state index contributed by atoms with van der Waals surface area (Å²) in [6.07, 6.45) is 8.05. The van der Waals surface area contributed by atoms with Crippen LogP contribution in [0.15, 0.2) is 43.0 Å². The highest BCUT2D eigenvalue weighted by Gasteiger charge is 2.03. The van der Waals surface area contributed by atoms with Crippen molar-refractivity contribution in [2.24, 2.45) is 5.73 Å². The molecule has 0 radical (unpaired) electrons. The van der Waals surface area contributed by atoms with E-state index >= 15 is 0 Å². The largest absolute Gasteiger partial charge is 0.366 e. The molecule has 0 aliphatic rings. The van der Waals surface area contributed by atoms with Crippen molar-refractivity contribution >= 4 is 23.6 Å². The first-order chi connectivity index (χ1) is 8.16. The van der Waals surface area contributed by atoms with Crippen LogP contribution in [0.1, 0.15) is 0 Å². The van der Waals surface area contributed by atoms with Crippen molar-refractivity contribution in [2.75, 3.05) is 0 Å². The maximum atomic E-state index is 10.7. The number of thiol groups is 1. The second kappa shape index (κ2) is 4.84. The van der Waals surface area contributed by atoms with Gasteiger partial charge in [-0.3, -0.25) is 9.78 Å². The SMILES string of the molecule is NC(=O)/C=C(\S)n1cc(-c2cccnc2)cn1. The van der Waals surface area contributed by atoms with Crippen LogP contribution in [0.5, 0.6) is 0 Å². The average molecular weight is 246 g/mol. The van der Waals surface area contributed by atoms with Gasteiger partial charge in [0.1, 0.15) is 0 Å². The van der Waals surface area contributed by atoms with E-state index in [1.54, 1.807) is 24.8 Å². The molecule has 0 saturated heterocycles. The van der Waals surface area contributed by atoms with Crippen molar-refractivity contribution in [2.45, 2.75) is 0 Å². The molecule has 2 N–H and O–H groups in total. The monoisotopic (exact) mass is 246 g/mol. The zero-order valence-electron chi connectivity index (χ0n) is 8.82. The summed E-state index contributed by atoms with van der Waals surface area (Å²) in [5.74, 6) is -0.562. The van der Waals surface area contributed by atoms with Crippen LogP contribution in [0.2, 0.25) is 0 Å². The Hall–Kier alpha value is -2.08. The van der Waals surface area contributed by atoms with Gasteiger partial charge in [-0.2, -0.15) is 5.10 Å². The number of pyridine rings is 1. The van der Waals surface area contributed by atoms with Crippen LogP contribution >= 0.6 is 12.6 Å². The predicted octanol–water partition coefficient (Wildman–Crippen LogP) is 1.16. The van der Waals surface area contributed by atoms with E-state index in [0.29, 0.717) is 5.03 Å². The highest BCUT2D eigenvalue weighted by Crippen LogP contribution is 2.19. The number of nitrogens with zero attached hydrogens (tertiary/aromatic N) is 3.